The Labute approximate surface area is 103 Å². The topological polar surface area (TPSA) is 67.6 Å². The lowest BCUT2D eigenvalue weighted by Gasteiger charge is -2.38. The van der Waals surface area contributed by atoms with Crippen LogP contribution in [-0.4, -0.2) is 55.2 Å². The first-order valence-corrected chi connectivity index (χ1v) is 6.53. The van der Waals surface area contributed by atoms with Crippen LogP contribution in [0.2, 0.25) is 0 Å². The molecule has 1 aliphatic heterocycles. The minimum absolute atomic E-state index is 0.140. The molecule has 0 aromatic carbocycles. The maximum absolute atomic E-state index is 11.8. The molecule has 0 bridgehead atoms. The van der Waals surface area contributed by atoms with E-state index in [2.05, 4.69) is 17.1 Å². The first-order chi connectivity index (χ1) is 8.20. The summed E-state index contributed by atoms with van der Waals surface area (Å²) in [7, 11) is 0. The molecule has 5 heteroatoms. The molecular weight excluding hydrogens is 218 g/mol. The molecule has 2 atom stereocenters. The third kappa shape index (κ3) is 3.66. The molecule has 2 fully saturated rings. The number of amides is 1. The lowest BCUT2D eigenvalue weighted by atomic mass is 10.1. The van der Waals surface area contributed by atoms with Gasteiger partial charge in [0.2, 0.25) is 5.91 Å². The maximum atomic E-state index is 11.8. The van der Waals surface area contributed by atoms with Crippen LogP contribution in [0.3, 0.4) is 0 Å². The first-order valence-electron chi connectivity index (χ1n) is 6.53. The molecule has 0 spiro atoms. The normalized spacial score (nSPS) is 27.8. The van der Waals surface area contributed by atoms with Crippen molar-refractivity contribution < 1.29 is 9.53 Å². The lowest BCUT2D eigenvalue weighted by Crippen LogP contribution is -2.53. The Hall–Kier alpha value is -0.650. The highest BCUT2D eigenvalue weighted by Gasteiger charge is 2.29. The van der Waals surface area contributed by atoms with Gasteiger partial charge in [-0.2, -0.15) is 0 Å². The monoisotopic (exact) mass is 241 g/mol. The van der Waals surface area contributed by atoms with Crippen molar-refractivity contribution in [2.45, 2.75) is 44.3 Å². The molecule has 1 saturated heterocycles. The number of nitrogens with two attached hydrogens (primary N) is 1. The van der Waals surface area contributed by atoms with E-state index in [9.17, 15) is 4.79 Å². The molecule has 1 aliphatic carbocycles. The van der Waals surface area contributed by atoms with Gasteiger partial charge < -0.3 is 15.8 Å². The van der Waals surface area contributed by atoms with Gasteiger partial charge >= 0.3 is 0 Å². The fourth-order valence-electron chi connectivity index (χ4n) is 2.35. The summed E-state index contributed by atoms with van der Waals surface area (Å²) < 4.78 is 5.40. The predicted octanol–water partition coefficient (Wildman–Crippen LogP) is -0.297. The molecule has 1 amide bonds. The number of rotatable bonds is 5. The summed E-state index contributed by atoms with van der Waals surface area (Å²) in [4.78, 5) is 14.1. The van der Waals surface area contributed by atoms with Gasteiger partial charge in [0.15, 0.2) is 0 Å². The van der Waals surface area contributed by atoms with E-state index in [0.29, 0.717) is 25.0 Å². The largest absolute Gasteiger partial charge is 0.379 e. The molecule has 0 aromatic rings. The van der Waals surface area contributed by atoms with Gasteiger partial charge in [-0.1, -0.05) is 0 Å². The van der Waals surface area contributed by atoms with Crippen LogP contribution in [0, 0.1) is 0 Å². The number of morpholine rings is 1. The average molecular weight is 241 g/mol. The summed E-state index contributed by atoms with van der Waals surface area (Å²) in [5.74, 6) is 0.140. The quantitative estimate of drug-likeness (QED) is 0.693. The molecular formula is C12H23N3O2. The zero-order valence-electron chi connectivity index (χ0n) is 10.5. The SMILES string of the molecule is CC1COCCN1C(CN)CC(=O)NC1CC1. The summed E-state index contributed by atoms with van der Waals surface area (Å²) in [6.07, 6.45) is 2.78. The van der Waals surface area contributed by atoms with Crippen LogP contribution < -0.4 is 11.1 Å². The highest BCUT2D eigenvalue weighted by molar-refractivity contribution is 5.77. The van der Waals surface area contributed by atoms with Crippen LogP contribution in [0.5, 0.6) is 0 Å². The van der Waals surface area contributed by atoms with Crippen LogP contribution in [0.4, 0.5) is 0 Å². The zero-order chi connectivity index (χ0) is 12.3. The second kappa shape index (κ2) is 5.80. The number of hydrogen-bond acceptors (Lipinski definition) is 4. The highest BCUT2D eigenvalue weighted by Crippen LogP contribution is 2.19. The van der Waals surface area contributed by atoms with Gasteiger partial charge in [-0.3, -0.25) is 9.69 Å². The Bertz CT molecular complexity index is 268. The Kier molecular flexibility index (Phi) is 4.36. The van der Waals surface area contributed by atoms with Crippen molar-refractivity contribution in [3.8, 4) is 0 Å². The Morgan fingerprint density at radius 2 is 2.35 bits per heavy atom. The first kappa shape index (κ1) is 12.8. The summed E-state index contributed by atoms with van der Waals surface area (Å²) >= 11 is 0. The third-order valence-corrected chi connectivity index (χ3v) is 3.52. The Morgan fingerprint density at radius 3 is 2.94 bits per heavy atom. The van der Waals surface area contributed by atoms with E-state index in [1.807, 2.05) is 0 Å². The summed E-state index contributed by atoms with van der Waals surface area (Å²) in [5, 5.41) is 3.02. The second-order valence-electron chi connectivity index (χ2n) is 5.10. The van der Waals surface area contributed by atoms with Crippen molar-refractivity contribution >= 4 is 5.91 Å². The number of carbonyl (C=O) groups excluding carboxylic acids is 1. The molecule has 2 rings (SSSR count). The van der Waals surface area contributed by atoms with Gasteiger partial charge in [0, 0.05) is 37.6 Å². The van der Waals surface area contributed by atoms with E-state index in [1.165, 1.54) is 0 Å². The molecule has 17 heavy (non-hydrogen) atoms. The van der Waals surface area contributed by atoms with Crippen molar-refractivity contribution in [1.29, 1.82) is 0 Å². The molecule has 0 aromatic heterocycles. The van der Waals surface area contributed by atoms with E-state index in [1.54, 1.807) is 0 Å². The van der Waals surface area contributed by atoms with Crippen LogP contribution in [0.15, 0.2) is 0 Å². The highest BCUT2D eigenvalue weighted by atomic mass is 16.5. The minimum Gasteiger partial charge on any atom is -0.379 e. The number of hydrogen-bond donors (Lipinski definition) is 2. The number of nitrogens with one attached hydrogen (secondary N) is 1. The molecule has 3 N–H and O–H groups in total. The smallest absolute Gasteiger partial charge is 0.221 e. The number of nitrogens with zero attached hydrogens (tertiary/aromatic N) is 1. The Morgan fingerprint density at radius 1 is 1.59 bits per heavy atom. The molecule has 1 heterocycles. The van der Waals surface area contributed by atoms with Gasteiger partial charge in [0.25, 0.3) is 0 Å². The van der Waals surface area contributed by atoms with E-state index < -0.39 is 0 Å². The zero-order valence-corrected chi connectivity index (χ0v) is 10.5. The average Bonchev–Trinajstić information content (AvgIpc) is 3.11. The van der Waals surface area contributed by atoms with Crippen LogP contribution in [0.25, 0.3) is 0 Å². The van der Waals surface area contributed by atoms with Crippen molar-refractivity contribution in [2.75, 3.05) is 26.3 Å². The molecule has 5 nitrogen and oxygen atoms in total. The van der Waals surface area contributed by atoms with Gasteiger partial charge in [-0.25, -0.2) is 0 Å². The van der Waals surface area contributed by atoms with Crippen molar-refractivity contribution in [3.63, 3.8) is 0 Å². The Balaban J connectivity index is 1.83. The van der Waals surface area contributed by atoms with E-state index in [4.69, 9.17) is 10.5 Å². The predicted molar refractivity (Wildman–Crippen MR) is 65.6 cm³/mol. The van der Waals surface area contributed by atoms with E-state index >= 15 is 0 Å². The molecule has 98 valence electrons. The minimum atomic E-state index is 0.140. The summed E-state index contributed by atoms with van der Waals surface area (Å²) in [6.45, 7) is 5.01. The summed E-state index contributed by atoms with van der Waals surface area (Å²) in [6, 6.07) is 0.932. The number of ether oxygens (including phenoxy) is 1. The third-order valence-electron chi connectivity index (χ3n) is 3.52. The van der Waals surface area contributed by atoms with Gasteiger partial charge in [-0.05, 0) is 19.8 Å². The fraction of sp³-hybridized carbons (Fsp3) is 0.917. The van der Waals surface area contributed by atoms with Crippen LogP contribution in [-0.2, 0) is 9.53 Å². The van der Waals surface area contributed by atoms with Gasteiger partial charge in [0.1, 0.15) is 0 Å². The van der Waals surface area contributed by atoms with Crippen LogP contribution in [0.1, 0.15) is 26.2 Å². The van der Waals surface area contributed by atoms with Crippen LogP contribution >= 0.6 is 0 Å². The second-order valence-corrected chi connectivity index (χ2v) is 5.10. The molecule has 1 saturated carbocycles. The van der Waals surface area contributed by atoms with E-state index in [-0.39, 0.29) is 11.9 Å². The lowest BCUT2D eigenvalue weighted by molar-refractivity contribution is -0.123. The fourth-order valence-corrected chi connectivity index (χ4v) is 2.35. The van der Waals surface area contributed by atoms with Crippen molar-refractivity contribution in [1.82, 2.24) is 10.2 Å². The van der Waals surface area contributed by atoms with Crippen molar-refractivity contribution in [3.05, 3.63) is 0 Å². The maximum Gasteiger partial charge on any atom is 0.221 e. The molecule has 2 aliphatic rings. The standard InChI is InChI=1S/C12H23N3O2/c1-9-8-17-5-4-15(9)11(7-13)6-12(16)14-10-2-3-10/h9-11H,2-8,13H2,1H3,(H,14,16). The van der Waals surface area contributed by atoms with Gasteiger partial charge in [-0.15, -0.1) is 0 Å². The molecule has 2 unspecified atom stereocenters. The molecule has 0 radical (unpaired) electrons. The van der Waals surface area contributed by atoms with Gasteiger partial charge in [0.05, 0.1) is 13.2 Å². The van der Waals surface area contributed by atoms with Crippen molar-refractivity contribution in [2.24, 2.45) is 5.73 Å². The van der Waals surface area contributed by atoms with E-state index in [0.717, 1.165) is 32.6 Å². The number of carbonyl (C=O) groups is 1. The summed E-state index contributed by atoms with van der Waals surface area (Å²) in [5.41, 5.74) is 5.80.